The summed E-state index contributed by atoms with van der Waals surface area (Å²) in [7, 11) is 0. The van der Waals surface area contributed by atoms with Crippen LogP contribution < -0.4 is 10.2 Å². The van der Waals surface area contributed by atoms with Crippen LogP contribution in [0.5, 0.6) is 0 Å². The van der Waals surface area contributed by atoms with Crippen LogP contribution >= 0.6 is 34.4 Å². The van der Waals surface area contributed by atoms with Gasteiger partial charge in [0.15, 0.2) is 9.47 Å². The van der Waals surface area contributed by atoms with Gasteiger partial charge in [-0.15, -0.1) is 21.5 Å². The van der Waals surface area contributed by atoms with E-state index in [9.17, 15) is 18.0 Å². The van der Waals surface area contributed by atoms with Crippen LogP contribution in [0.15, 0.2) is 34.0 Å². The number of aromatic nitrogens is 3. The maximum Gasteiger partial charge on any atom is 0.416 e. The zero-order valence-corrected chi connectivity index (χ0v) is 19.2. The van der Waals surface area contributed by atoms with Gasteiger partial charge >= 0.3 is 6.18 Å². The van der Waals surface area contributed by atoms with Crippen molar-refractivity contribution < 1.29 is 18.0 Å². The fourth-order valence-electron chi connectivity index (χ4n) is 2.56. The lowest BCUT2D eigenvalue weighted by molar-refractivity contribution is -0.137. The number of thiazole rings is 1. The van der Waals surface area contributed by atoms with E-state index in [2.05, 4.69) is 27.4 Å². The number of hydrogen-bond acceptors (Lipinski definition) is 8. The van der Waals surface area contributed by atoms with Crippen LogP contribution in [-0.2, 0) is 16.7 Å². The van der Waals surface area contributed by atoms with E-state index in [-0.39, 0.29) is 5.69 Å². The molecular weight excluding hydrogens is 467 g/mol. The highest BCUT2D eigenvalue weighted by molar-refractivity contribution is 8.00. The van der Waals surface area contributed by atoms with Gasteiger partial charge in [-0.1, -0.05) is 42.5 Å². The number of nitrogens with zero attached hydrogens (tertiary/aromatic N) is 4. The topological polar surface area (TPSA) is 71.0 Å². The molecule has 0 spiro atoms. The molecule has 6 nitrogen and oxygen atoms in total. The Balaban J connectivity index is 1.69. The molecule has 1 aromatic carbocycles. The number of carbonyl (C=O) groups excluding carboxylic acids is 1. The zero-order valence-electron chi connectivity index (χ0n) is 16.8. The number of benzene rings is 1. The van der Waals surface area contributed by atoms with Gasteiger partial charge in [0.05, 0.1) is 16.9 Å². The minimum absolute atomic E-state index is 0.128. The monoisotopic (exact) mass is 487 g/mol. The van der Waals surface area contributed by atoms with Crippen LogP contribution in [0.4, 0.5) is 29.1 Å². The maximum absolute atomic E-state index is 13.1. The molecular formula is C19H20F3N5OS3. The molecule has 0 aliphatic rings. The number of unbranched alkanes of at least 4 members (excludes halogenated alkanes) is 1. The van der Waals surface area contributed by atoms with E-state index in [0.717, 1.165) is 41.0 Å². The van der Waals surface area contributed by atoms with Crippen molar-refractivity contribution in [2.45, 2.75) is 43.0 Å². The molecule has 0 unspecified atom stereocenters. The Labute approximate surface area is 189 Å². The first kappa shape index (κ1) is 23.5. The van der Waals surface area contributed by atoms with E-state index >= 15 is 0 Å². The third-order valence-electron chi connectivity index (χ3n) is 4.03. The van der Waals surface area contributed by atoms with Gasteiger partial charge in [0.25, 0.3) is 0 Å². The molecule has 12 heteroatoms. The van der Waals surface area contributed by atoms with Gasteiger partial charge in [0.2, 0.25) is 11.0 Å². The Hall–Kier alpha value is -2.18. The quantitative estimate of drug-likeness (QED) is 0.286. The van der Waals surface area contributed by atoms with Crippen LogP contribution in [-0.4, -0.2) is 27.6 Å². The number of halogens is 3. The van der Waals surface area contributed by atoms with Crippen molar-refractivity contribution in [2.75, 3.05) is 16.8 Å². The van der Waals surface area contributed by atoms with Gasteiger partial charge < -0.3 is 5.32 Å². The van der Waals surface area contributed by atoms with E-state index in [1.807, 2.05) is 0 Å². The van der Waals surface area contributed by atoms with Crippen molar-refractivity contribution in [1.82, 2.24) is 15.2 Å². The normalized spacial score (nSPS) is 11.5. The third-order valence-corrected chi connectivity index (χ3v) is 6.96. The largest absolute Gasteiger partial charge is 0.416 e. The molecule has 1 N–H and O–H groups in total. The number of hydrogen-bond donors (Lipinski definition) is 1. The summed E-state index contributed by atoms with van der Waals surface area (Å²) < 4.78 is 40.0. The molecule has 0 saturated heterocycles. The average molecular weight is 488 g/mol. The summed E-state index contributed by atoms with van der Waals surface area (Å²) in [5, 5.41) is 14.3. The molecule has 2 heterocycles. The Bertz CT molecular complexity index is 1020. The number of anilines is 3. The zero-order chi connectivity index (χ0) is 22.4. The second-order valence-electron chi connectivity index (χ2n) is 6.47. The highest BCUT2D eigenvalue weighted by atomic mass is 32.2. The van der Waals surface area contributed by atoms with E-state index in [1.54, 1.807) is 5.38 Å². The smallest absolute Gasteiger partial charge is 0.360 e. The van der Waals surface area contributed by atoms with Gasteiger partial charge in [0, 0.05) is 24.6 Å². The van der Waals surface area contributed by atoms with Crippen LogP contribution in [0.25, 0.3) is 0 Å². The van der Waals surface area contributed by atoms with Gasteiger partial charge in [-0.25, -0.2) is 4.98 Å². The second-order valence-corrected chi connectivity index (χ2v) is 9.50. The number of rotatable bonds is 9. The summed E-state index contributed by atoms with van der Waals surface area (Å²) in [5.41, 5.74) is 0.0184. The minimum atomic E-state index is -4.49. The molecule has 0 radical (unpaired) electrons. The summed E-state index contributed by atoms with van der Waals surface area (Å²) in [5.74, 6) is 0.0915. The molecule has 166 valence electrons. The van der Waals surface area contributed by atoms with Crippen molar-refractivity contribution in [2.24, 2.45) is 0 Å². The standard InChI is InChI=1S/C19H20F3N5OS3/c1-3-4-8-23-16-25-26-18(31-16)30-11-14-10-29-17(24-14)27(12(2)28)15-7-5-6-13(9-15)19(20,21)22/h5-7,9-10H,3-4,8,11H2,1-2H3,(H,23,25). The van der Waals surface area contributed by atoms with Crippen molar-refractivity contribution in [1.29, 1.82) is 0 Å². The number of alkyl halides is 3. The molecule has 0 atom stereocenters. The van der Waals surface area contributed by atoms with Gasteiger partial charge in [-0.3, -0.25) is 9.69 Å². The number of carbonyl (C=O) groups is 1. The van der Waals surface area contributed by atoms with Crippen molar-refractivity contribution >= 4 is 56.3 Å². The fourth-order valence-corrected chi connectivity index (χ4v) is 5.22. The highest BCUT2D eigenvalue weighted by Crippen LogP contribution is 2.36. The number of thioether (sulfide) groups is 1. The molecule has 3 aromatic rings. The van der Waals surface area contributed by atoms with Gasteiger partial charge in [-0.05, 0) is 24.6 Å². The van der Waals surface area contributed by atoms with Crippen LogP contribution in [0.3, 0.4) is 0 Å². The molecule has 3 rings (SSSR count). The Morgan fingerprint density at radius 1 is 1.29 bits per heavy atom. The number of amides is 1. The second kappa shape index (κ2) is 10.4. The van der Waals surface area contributed by atoms with E-state index in [1.165, 1.54) is 58.4 Å². The molecule has 2 aromatic heterocycles. The third kappa shape index (κ3) is 6.40. The summed E-state index contributed by atoms with van der Waals surface area (Å²) in [6, 6.07) is 4.66. The minimum Gasteiger partial charge on any atom is -0.360 e. The maximum atomic E-state index is 13.1. The number of nitrogens with one attached hydrogen (secondary N) is 1. The Morgan fingerprint density at radius 2 is 2.10 bits per heavy atom. The van der Waals surface area contributed by atoms with Crippen molar-refractivity contribution in [3.8, 4) is 0 Å². The van der Waals surface area contributed by atoms with Crippen molar-refractivity contribution in [3.05, 3.63) is 40.9 Å². The Morgan fingerprint density at radius 3 is 2.81 bits per heavy atom. The molecule has 31 heavy (non-hydrogen) atoms. The molecule has 0 aliphatic heterocycles. The summed E-state index contributed by atoms with van der Waals surface area (Å²) in [6.07, 6.45) is -2.34. The molecule has 0 bridgehead atoms. The molecule has 1 amide bonds. The first-order valence-electron chi connectivity index (χ1n) is 9.40. The lowest BCUT2D eigenvalue weighted by Crippen LogP contribution is -2.23. The predicted octanol–water partition coefficient (Wildman–Crippen LogP) is 6.20. The molecule has 0 fully saturated rings. The van der Waals surface area contributed by atoms with Crippen molar-refractivity contribution in [3.63, 3.8) is 0 Å². The lowest BCUT2D eigenvalue weighted by atomic mass is 10.2. The van der Waals surface area contributed by atoms with E-state index < -0.39 is 17.6 Å². The first-order valence-corrected chi connectivity index (χ1v) is 12.1. The summed E-state index contributed by atoms with van der Waals surface area (Å²) >= 11 is 4.12. The van der Waals surface area contributed by atoms with Crippen LogP contribution in [0.1, 0.15) is 37.9 Å². The average Bonchev–Trinajstić information content (AvgIpc) is 3.36. The summed E-state index contributed by atoms with van der Waals surface area (Å²) in [4.78, 5) is 17.8. The predicted molar refractivity (Wildman–Crippen MR) is 119 cm³/mol. The van der Waals surface area contributed by atoms with E-state index in [0.29, 0.717) is 16.6 Å². The fraction of sp³-hybridized carbons (Fsp3) is 0.368. The first-order chi connectivity index (χ1) is 14.8. The Kier molecular flexibility index (Phi) is 7.89. The van der Waals surface area contributed by atoms with Crippen LogP contribution in [0, 0.1) is 0 Å². The van der Waals surface area contributed by atoms with Crippen LogP contribution in [0.2, 0.25) is 0 Å². The lowest BCUT2D eigenvalue weighted by Gasteiger charge is -2.19. The highest BCUT2D eigenvalue weighted by Gasteiger charge is 2.31. The SMILES string of the molecule is CCCCNc1nnc(SCc2csc(N(C(C)=O)c3cccc(C(F)(F)F)c3)n2)s1. The van der Waals surface area contributed by atoms with E-state index in [4.69, 9.17) is 0 Å². The van der Waals surface area contributed by atoms with Gasteiger partial charge in [0.1, 0.15) is 0 Å². The molecule has 0 saturated carbocycles. The molecule has 0 aliphatic carbocycles. The van der Waals surface area contributed by atoms with Gasteiger partial charge in [-0.2, -0.15) is 13.2 Å². The summed E-state index contributed by atoms with van der Waals surface area (Å²) in [6.45, 7) is 4.26.